The molecule has 0 bridgehead atoms. The first-order chi connectivity index (χ1) is 15.5. The Kier molecular flexibility index (Phi) is 11.4. The van der Waals surface area contributed by atoms with Crippen LogP contribution in [-0.2, 0) is 27.3 Å². The molecule has 0 aliphatic heterocycles. The van der Waals surface area contributed by atoms with E-state index in [0.717, 1.165) is 29.5 Å². The van der Waals surface area contributed by atoms with E-state index in [-0.39, 0.29) is 6.61 Å². The average molecular weight is 454 g/mol. The summed E-state index contributed by atoms with van der Waals surface area (Å²) in [6.45, 7) is 4.76. The standard InChI is InChI=1S/C27H32ClNO3/c1-3-5-6-7-8-9-11-22-14-16-24(17-15-22)21-29(26(30)27(31)32-4-2)19-18-23-12-10-13-25(28)20-23/h10,12-17,20H,3-8,18-19,21H2,1-2H3. The van der Waals surface area contributed by atoms with Gasteiger partial charge in [-0.15, -0.1) is 0 Å². The lowest BCUT2D eigenvalue weighted by Gasteiger charge is -2.22. The van der Waals surface area contributed by atoms with Crippen LogP contribution < -0.4 is 0 Å². The number of unbranched alkanes of at least 4 members (excludes halogenated alkanes) is 4. The van der Waals surface area contributed by atoms with E-state index in [4.69, 9.17) is 16.3 Å². The smallest absolute Gasteiger partial charge is 0.397 e. The van der Waals surface area contributed by atoms with Crippen molar-refractivity contribution in [1.82, 2.24) is 4.90 Å². The van der Waals surface area contributed by atoms with E-state index >= 15 is 0 Å². The molecule has 2 aromatic rings. The Morgan fingerprint density at radius 2 is 1.78 bits per heavy atom. The van der Waals surface area contributed by atoms with Gasteiger partial charge in [-0.25, -0.2) is 4.79 Å². The molecule has 5 heteroatoms. The van der Waals surface area contributed by atoms with Gasteiger partial charge < -0.3 is 9.64 Å². The van der Waals surface area contributed by atoms with Gasteiger partial charge in [0.1, 0.15) is 0 Å². The van der Waals surface area contributed by atoms with E-state index in [1.165, 1.54) is 24.2 Å². The summed E-state index contributed by atoms with van der Waals surface area (Å²) in [6, 6.07) is 15.3. The van der Waals surface area contributed by atoms with E-state index in [2.05, 4.69) is 18.8 Å². The summed E-state index contributed by atoms with van der Waals surface area (Å²) in [5.74, 6) is 4.96. The van der Waals surface area contributed by atoms with Gasteiger partial charge in [-0.3, -0.25) is 4.79 Å². The molecule has 0 saturated carbocycles. The summed E-state index contributed by atoms with van der Waals surface area (Å²) in [5, 5.41) is 0.646. The lowest BCUT2D eigenvalue weighted by atomic mass is 10.1. The summed E-state index contributed by atoms with van der Waals surface area (Å²) in [4.78, 5) is 26.2. The van der Waals surface area contributed by atoms with Gasteiger partial charge in [-0.2, -0.15) is 0 Å². The number of nitrogens with zero attached hydrogens (tertiary/aromatic N) is 1. The molecule has 4 nitrogen and oxygen atoms in total. The Labute approximate surface area is 196 Å². The van der Waals surface area contributed by atoms with Crippen molar-refractivity contribution in [3.05, 3.63) is 70.2 Å². The lowest BCUT2D eigenvalue weighted by Crippen LogP contribution is -2.38. The minimum Gasteiger partial charge on any atom is -0.459 e. The summed E-state index contributed by atoms with van der Waals surface area (Å²) < 4.78 is 4.92. The maximum absolute atomic E-state index is 12.6. The largest absolute Gasteiger partial charge is 0.459 e. The Morgan fingerprint density at radius 3 is 2.47 bits per heavy atom. The van der Waals surface area contributed by atoms with Crippen LogP contribution in [0.3, 0.4) is 0 Å². The number of hydrogen-bond acceptors (Lipinski definition) is 3. The molecule has 0 N–H and O–H groups in total. The molecule has 0 aliphatic rings. The fourth-order valence-corrected chi connectivity index (χ4v) is 3.46. The molecule has 2 rings (SSSR count). The Morgan fingerprint density at radius 1 is 1.00 bits per heavy atom. The molecular formula is C27H32ClNO3. The van der Waals surface area contributed by atoms with Gasteiger partial charge in [0.15, 0.2) is 0 Å². The van der Waals surface area contributed by atoms with Gasteiger partial charge in [0.05, 0.1) is 6.61 Å². The maximum atomic E-state index is 12.6. The normalized spacial score (nSPS) is 10.2. The molecule has 170 valence electrons. The number of esters is 1. The number of hydrogen-bond donors (Lipinski definition) is 0. The van der Waals surface area contributed by atoms with Crippen LogP contribution in [0, 0.1) is 11.8 Å². The average Bonchev–Trinajstić information content (AvgIpc) is 2.79. The van der Waals surface area contributed by atoms with Crippen molar-refractivity contribution in [2.75, 3.05) is 13.2 Å². The number of carbonyl (C=O) groups is 2. The van der Waals surface area contributed by atoms with Crippen LogP contribution in [-0.4, -0.2) is 29.9 Å². The fourth-order valence-electron chi connectivity index (χ4n) is 3.25. The van der Waals surface area contributed by atoms with Crippen molar-refractivity contribution < 1.29 is 14.3 Å². The molecule has 0 atom stereocenters. The summed E-state index contributed by atoms with van der Waals surface area (Å²) >= 11 is 6.06. The van der Waals surface area contributed by atoms with Crippen molar-refractivity contribution in [2.45, 2.75) is 58.9 Å². The summed E-state index contributed by atoms with van der Waals surface area (Å²) in [6.07, 6.45) is 6.35. The van der Waals surface area contributed by atoms with Crippen LogP contribution in [0.4, 0.5) is 0 Å². The minimum absolute atomic E-state index is 0.165. The number of benzene rings is 2. The maximum Gasteiger partial charge on any atom is 0.397 e. The molecule has 0 spiro atoms. The van der Waals surface area contributed by atoms with Gasteiger partial charge in [0.25, 0.3) is 0 Å². The molecular weight excluding hydrogens is 422 g/mol. The molecule has 2 aromatic carbocycles. The highest BCUT2D eigenvalue weighted by molar-refractivity contribution is 6.32. The Balaban J connectivity index is 2.02. The molecule has 0 fully saturated rings. The van der Waals surface area contributed by atoms with E-state index in [1.807, 2.05) is 48.5 Å². The summed E-state index contributed by atoms with van der Waals surface area (Å²) in [5.41, 5.74) is 2.89. The highest BCUT2D eigenvalue weighted by atomic mass is 35.5. The van der Waals surface area contributed by atoms with Crippen LogP contribution in [0.15, 0.2) is 48.5 Å². The number of halogens is 1. The van der Waals surface area contributed by atoms with Gasteiger partial charge in [0, 0.05) is 30.1 Å². The van der Waals surface area contributed by atoms with Crippen molar-refractivity contribution in [3.8, 4) is 11.8 Å². The first-order valence-corrected chi connectivity index (χ1v) is 11.7. The van der Waals surface area contributed by atoms with Crippen LogP contribution in [0.5, 0.6) is 0 Å². The first kappa shape index (κ1) is 25.5. The molecule has 0 saturated heterocycles. The second-order valence-corrected chi connectivity index (χ2v) is 8.07. The second kappa shape index (κ2) is 14.3. The predicted molar refractivity (Wildman–Crippen MR) is 129 cm³/mol. The number of ether oxygens (including phenoxy) is 1. The Hall–Kier alpha value is -2.77. The topological polar surface area (TPSA) is 46.6 Å². The first-order valence-electron chi connectivity index (χ1n) is 11.3. The van der Waals surface area contributed by atoms with Gasteiger partial charge >= 0.3 is 11.9 Å². The van der Waals surface area contributed by atoms with Crippen molar-refractivity contribution >= 4 is 23.5 Å². The van der Waals surface area contributed by atoms with Crippen LogP contribution in [0.25, 0.3) is 0 Å². The third-order valence-electron chi connectivity index (χ3n) is 5.01. The van der Waals surface area contributed by atoms with E-state index in [0.29, 0.717) is 24.5 Å². The molecule has 0 aliphatic carbocycles. The van der Waals surface area contributed by atoms with E-state index in [1.54, 1.807) is 6.92 Å². The quantitative estimate of drug-likeness (QED) is 0.198. The zero-order chi connectivity index (χ0) is 23.2. The van der Waals surface area contributed by atoms with Crippen LogP contribution >= 0.6 is 11.6 Å². The monoisotopic (exact) mass is 453 g/mol. The molecule has 0 heterocycles. The Bertz CT molecular complexity index is 928. The minimum atomic E-state index is -0.829. The predicted octanol–water partition coefficient (Wildman–Crippen LogP) is 5.80. The van der Waals surface area contributed by atoms with Gasteiger partial charge in [-0.05, 0) is 55.2 Å². The summed E-state index contributed by atoms with van der Waals surface area (Å²) in [7, 11) is 0. The SMILES string of the molecule is CCCCCCC#Cc1ccc(CN(CCc2cccc(Cl)c2)C(=O)C(=O)OCC)cc1. The van der Waals surface area contributed by atoms with E-state index < -0.39 is 11.9 Å². The number of rotatable bonds is 10. The van der Waals surface area contributed by atoms with Gasteiger partial charge in [0.2, 0.25) is 0 Å². The number of carbonyl (C=O) groups excluding carboxylic acids is 2. The molecule has 32 heavy (non-hydrogen) atoms. The third kappa shape index (κ3) is 9.16. The zero-order valence-corrected chi connectivity index (χ0v) is 19.8. The molecule has 0 radical (unpaired) electrons. The molecule has 1 amide bonds. The van der Waals surface area contributed by atoms with Crippen LogP contribution in [0.1, 0.15) is 62.6 Å². The molecule has 0 aromatic heterocycles. The third-order valence-corrected chi connectivity index (χ3v) is 5.25. The lowest BCUT2D eigenvalue weighted by molar-refractivity contribution is -0.160. The van der Waals surface area contributed by atoms with Crippen molar-refractivity contribution in [2.24, 2.45) is 0 Å². The fraction of sp³-hybridized carbons (Fsp3) is 0.407. The van der Waals surface area contributed by atoms with Crippen molar-refractivity contribution in [3.63, 3.8) is 0 Å². The highest BCUT2D eigenvalue weighted by Gasteiger charge is 2.23. The van der Waals surface area contributed by atoms with Crippen molar-refractivity contribution in [1.29, 1.82) is 0 Å². The highest BCUT2D eigenvalue weighted by Crippen LogP contribution is 2.14. The van der Waals surface area contributed by atoms with Gasteiger partial charge in [-0.1, -0.05) is 73.9 Å². The number of amides is 1. The van der Waals surface area contributed by atoms with E-state index in [9.17, 15) is 9.59 Å². The second-order valence-electron chi connectivity index (χ2n) is 7.64. The van der Waals surface area contributed by atoms with Crippen LogP contribution in [0.2, 0.25) is 5.02 Å². The zero-order valence-electron chi connectivity index (χ0n) is 19.0. The molecule has 0 unspecified atom stereocenters.